The Morgan fingerprint density at radius 1 is 0.912 bits per heavy atom. The number of carbonyl (C=O) groups excluding carboxylic acids is 1. The van der Waals surface area contributed by atoms with Crippen LogP contribution in [0.25, 0.3) is 5.69 Å². The van der Waals surface area contributed by atoms with Gasteiger partial charge < -0.3 is 19.8 Å². The van der Waals surface area contributed by atoms with Crippen LogP contribution < -0.4 is 9.80 Å². The van der Waals surface area contributed by atoms with Crippen LogP contribution in [0.2, 0.25) is 5.02 Å². The molecule has 10 heteroatoms. The van der Waals surface area contributed by atoms with E-state index in [1.54, 1.807) is 12.1 Å². The molecule has 0 bridgehead atoms. The summed E-state index contributed by atoms with van der Waals surface area (Å²) in [6, 6.07) is 14.8. The first-order valence-electron chi connectivity index (χ1n) is 11.5. The van der Waals surface area contributed by atoms with Crippen LogP contribution in [0.5, 0.6) is 5.75 Å². The normalized spacial score (nSPS) is 16.3. The lowest BCUT2D eigenvalue weighted by Crippen LogP contribution is -2.49. The Kier molecular flexibility index (Phi) is 6.82. The van der Waals surface area contributed by atoms with Crippen LogP contribution in [-0.4, -0.2) is 75.7 Å². The summed E-state index contributed by atoms with van der Waals surface area (Å²) in [5.41, 5.74) is 1.96. The monoisotopic (exact) mass is 498 g/mol. The predicted molar refractivity (Wildman–Crippen MR) is 135 cm³/mol. The van der Waals surface area contributed by atoms with E-state index in [-0.39, 0.29) is 11.7 Å². The Morgan fingerprint density at radius 3 is 2.35 bits per heavy atom. The van der Waals surface area contributed by atoms with E-state index >= 15 is 0 Å². The van der Waals surface area contributed by atoms with Gasteiger partial charge >= 0.3 is 0 Å². The van der Waals surface area contributed by atoms with E-state index in [0.717, 1.165) is 56.3 Å². The highest BCUT2D eigenvalue weighted by Gasteiger charge is 2.25. The molecule has 1 aromatic heterocycles. The van der Waals surface area contributed by atoms with Crippen LogP contribution in [-0.2, 0) is 4.79 Å². The SMILES string of the molecule is O=C(CSc1nnc(N2CCCC2)n1-c1cccc(Cl)c1)N1CCN(c2ccc(O)cc2)CC1. The molecule has 8 nitrogen and oxygen atoms in total. The van der Waals surface area contributed by atoms with Gasteiger partial charge in [0.15, 0.2) is 5.16 Å². The summed E-state index contributed by atoms with van der Waals surface area (Å²) in [5, 5.41) is 19.7. The van der Waals surface area contributed by atoms with E-state index in [4.69, 9.17) is 11.6 Å². The van der Waals surface area contributed by atoms with Crippen molar-refractivity contribution in [2.24, 2.45) is 0 Å². The summed E-state index contributed by atoms with van der Waals surface area (Å²) in [7, 11) is 0. The molecular weight excluding hydrogens is 472 g/mol. The number of halogens is 1. The second-order valence-corrected chi connectivity index (χ2v) is 9.84. The molecule has 0 aliphatic carbocycles. The van der Waals surface area contributed by atoms with Gasteiger partial charge in [0.05, 0.1) is 11.4 Å². The zero-order valence-corrected chi connectivity index (χ0v) is 20.4. The second-order valence-electron chi connectivity index (χ2n) is 8.46. The molecule has 3 heterocycles. The van der Waals surface area contributed by atoms with Crippen molar-refractivity contribution < 1.29 is 9.90 Å². The Morgan fingerprint density at radius 2 is 1.65 bits per heavy atom. The zero-order chi connectivity index (χ0) is 23.5. The van der Waals surface area contributed by atoms with E-state index < -0.39 is 0 Å². The molecule has 3 aromatic rings. The van der Waals surface area contributed by atoms with Crippen molar-refractivity contribution in [3.05, 3.63) is 53.6 Å². The van der Waals surface area contributed by atoms with Crippen LogP contribution in [0.1, 0.15) is 12.8 Å². The van der Waals surface area contributed by atoms with Crippen LogP contribution in [0.4, 0.5) is 11.6 Å². The minimum Gasteiger partial charge on any atom is -0.508 e. The number of benzene rings is 2. The number of thioether (sulfide) groups is 1. The fourth-order valence-corrected chi connectivity index (χ4v) is 5.45. The van der Waals surface area contributed by atoms with E-state index in [2.05, 4.69) is 20.0 Å². The van der Waals surface area contributed by atoms with Crippen LogP contribution >= 0.6 is 23.4 Å². The highest BCUT2D eigenvalue weighted by atomic mass is 35.5. The summed E-state index contributed by atoms with van der Waals surface area (Å²) in [6.07, 6.45) is 2.28. The van der Waals surface area contributed by atoms with Crippen LogP contribution in [0.15, 0.2) is 53.7 Å². The fourth-order valence-electron chi connectivity index (χ4n) is 4.41. The predicted octanol–water partition coefficient (Wildman–Crippen LogP) is 3.67. The number of piperazine rings is 1. The first kappa shape index (κ1) is 22.9. The second kappa shape index (κ2) is 10.1. The minimum absolute atomic E-state index is 0.0960. The molecule has 2 aromatic carbocycles. The number of hydrogen-bond donors (Lipinski definition) is 1. The summed E-state index contributed by atoms with van der Waals surface area (Å²) >= 11 is 7.68. The van der Waals surface area contributed by atoms with Gasteiger partial charge in [0, 0.05) is 50.0 Å². The van der Waals surface area contributed by atoms with Gasteiger partial charge in [-0.15, -0.1) is 10.2 Å². The third-order valence-electron chi connectivity index (χ3n) is 6.24. The van der Waals surface area contributed by atoms with Crippen molar-refractivity contribution in [3.8, 4) is 11.4 Å². The third-order valence-corrected chi connectivity index (χ3v) is 7.39. The van der Waals surface area contributed by atoms with Gasteiger partial charge in [-0.1, -0.05) is 29.4 Å². The molecule has 1 N–H and O–H groups in total. The van der Waals surface area contributed by atoms with Crippen molar-refractivity contribution in [2.75, 3.05) is 54.8 Å². The highest BCUT2D eigenvalue weighted by molar-refractivity contribution is 7.99. The quantitative estimate of drug-likeness (QED) is 0.519. The van der Waals surface area contributed by atoms with Gasteiger partial charge in [-0.05, 0) is 55.3 Å². The van der Waals surface area contributed by atoms with Crippen molar-refractivity contribution >= 4 is 40.9 Å². The van der Waals surface area contributed by atoms with E-state index in [1.165, 1.54) is 11.8 Å². The number of amides is 1. The third kappa shape index (κ3) is 4.95. The molecule has 0 atom stereocenters. The number of rotatable bonds is 6. The minimum atomic E-state index is 0.0960. The average molecular weight is 499 g/mol. The number of phenolic OH excluding ortho intramolecular Hbond substituents is 1. The number of aromatic nitrogens is 3. The lowest BCUT2D eigenvalue weighted by atomic mass is 10.2. The molecular formula is C24H27ClN6O2S. The first-order chi connectivity index (χ1) is 16.6. The van der Waals surface area contributed by atoms with Gasteiger partial charge in [0.25, 0.3) is 0 Å². The molecule has 2 aliphatic heterocycles. The number of aromatic hydroxyl groups is 1. The van der Waals surface area contributed by atoms with Crippen LogP contribution in [0.3, 0.4) is 0 Å². The Hall–Kier alpha value is -2.91. The van der Waals surface area contributed by atoms with Gasteiger partial charge in [0.1, 0.15) is 5.75 Å². The molecule has 0 unspecified atom stereocenters. The average Bonchev–Trinajstić information content (AvgIpc) is 3.53. The maximum Gasteiger partial charge on any atom is 0.233 e. The molecule has 0 spiro atoms. The number of anilines is 2. The summed E-state index contributed by atoms with van der Waals surface area (Å²) in [6.45, 7) is 4.76. The molecule has 1 amide bonds. The van der Waals surface area contributed by atoms with Crippen molar-refractivity contribution in [1.29, 1.82) is 0 Å². The maximum atomic E-state index is 13.0. The fraction of sp³-hybridized carbons (Fsp3) is 0.375. The van der Waals surface area contributed by atoms with Gasteiger partial charge in [-0.2, -0.15) is 0 Å². The lowest BCUT2D eigenvalue weighted by Gasteiger charge is -2.36. The summed E-state index contributed by atoms with van der Waals surface area (Å²) < 4.78 is 2.01. The molecule has 34 heavy (non-hydrogen) atoms. The lowest BCUT2D eigenvalue weighted by molar-refractivity contribution is -0.128. The topological polar surface area (TPSA) is 77.7 Å². The molecule has 2 aliphatic rings. The summed E-state index contributed by atoms with van der Waals surface area (Å²) in [4.78, 5) is 19.4. The smallest absolute Gasteiger partial charge is 0.233 e. The number of carbonyl (C=O) groups is 1. The Bertz CT molecular complexity index is 1140. The Balaban J connectivity index is 1.25. The number of phenols is 1. The van der Waals surface area contributed by atoms with Crippen molar-refractivity contribution in [1.82, 2.24) is 19.7 Å². The molecule has 5 rings (SSSR count). The van der Waals surface area contributed by atoms with Crippen molar-refractivity contribution in [3.63, 3.8) is 0 Å². The highest BCUT2D eigenvalue weighted by Crippen LogP contribution is 2.30. The molecule has 2 saturated heterocycles. The maximum absolute atomic E-state index is 13.0. The van der Waals surface area contributed by atoms with Gasteiger partial charge in [-0.25, -0.2) is 0 Å². The van der Waals surface area contributed by atoms with Crippen molar-refractivity contribution in [2.45, 2.75) is 18.0 Å². The van der Waals surface area contributed by atoms with E-state index in [9.17, 15) is 9.90 Å². The zero-order valence-electron chi connectivity index (χ0n) is 18.8. The van der Waals surface area contributed by atoms with E-state index in [1.807, 2.05) is 45.9 Å². The molecule has 0 radical (unpaired) electrons. The standard InChI is InChI=1S/C24H27ClN6O2S/c25-18-4-3-5-20(16-18)31-23(30-10-1-2-11-30)26-27-24(31)34-17-22(33)29-14-12-28(13-15-29)19-6-8-21(32)9-7-19/h3-9,16,32H,1-2,10-15,17H2. The van der Waals surface area contributed by atoms with Gasteiger partial charge in [-0.3, -0.25) is 9.36 Å². The number of nitrogens with zero attached hydrogens (tertiary/aromatic N) is 6. The van der Waals surface area contributed by atoms with Crippen LogP contribution in [0, 0.1) is 0 Å². The van der Waals surface area contributed by atoms with Gasteiger partial charge in [0.2, 0.25) is 11.9 Å². The first-order valence-corrected chi connectivity index (χ1v) is 12.9. The summed E-state index contributed by atoms with van der Waals surface area (Å²) in [5.74, 6) is 1.46. The largest absolute Gasteiger partial charge is 0.508 e. The molecule has 2 fully saturated rings. The Labute approximate surface area is 208 Å². The molecule has 178 valence electrons. The number of hydrogen-bond acceptors (Lipinski definition) is 7. The van der Waals surface area contributed by atoms with E-state index in [0.29, 0.717) is 29.0 Å². The molecule has 0 saturated carbocycles.